The maximum Gasteiger partial charge on any atom is 0.0526 e. The summed E-state index contributed by atoms with van der Waals surface area (Å²) < 4.78 is 36.2. The first-order chi connectivity index (χ1) is 15.5. The highest BCUT2D eigenvalue weighted by Crippen LogP contribution is 2.15. The molecule has 0 aliphatic heterocycles. The van der Waals surface area contributed by atoms with Gasteiger partial charge in [-0.1, -0.05) is 105 Å². The Kier molecular flexibility index (Phi) is 18.3. The van der Waals surface area contributed by atoms with Crippen molar-refractivity contribution in [2.45, 2.75) is 101 Å². The molecule has 32 heavy (non-hydrogen) atoms. The molecule has 6 heteroatoms. The SMILES string of the molecule is CCCCCCCCC=CCCCCCCC(C=CS(=O)Cc1ccc(Br)cc1)S(=O)[O-]. The minimum atomic E-state index is -2.17. The Morgan fingerprint density at radius 2 is 1.44 bits per heavy atom. The number of benzene rings is 1. The molecule has 1 aromatic carbocycles. The second-order valence-electron chi connectivity index (χ2n) is 8.30. The van der Waals surface area contributed by atoms with Gasteiger partial charge in [-0.15, -0.1) is 0 Å². The zero-order valence-electron chi connectivity index (χ0n) is 19.5. The maximum absolute atomic E-state index is 12.2. The van der Waals surface area contributed by atoms with Crippen LogP contribution < -0.4 is 0 Å². The van der Waals surface area contributed by atoms with Crippen molar-refractivity contribution in [3.63, 3.8) is 0 Å². The fourth-order valence-electron chi connectivity index (χ4n) is 3.46. The van der Waals surface area contributed by atoms with Crippen LogP contribution >= 0.6 is 15.9 Å². The number of halogens is 1. The van der Waals surface area contributed by atoms with Crippen LogP contribution in [0.15, 0.2) is 52.4 Å². The van der Waals surface area contributed by atoms with Gasteiger partial charge in [-0.2, -0.15) is 0 Å². The quantitative estimate of drug-likeness (QED) is 0.100. The van der Waals surface area contributed by atoms with Gasteiger partial charge in [0.15, 0.2) is 0 Å². The molecule has 0 heterocycles. The van der Waals surface area contributed by atoms with Crippen LogP contribution in [-0.2, 0) is 27.6 Å². The van der Waals surface area contributed by atoms with E-state index in [2.05, 4.69) is 35.0 Å². The summed E-state index contributed by atoms with van der Waals surface area (Å²) in [4.78, 5) is 0. The van der Waals surface area contributed by atoms with Crippen LogP contribution in [0.2, 0.25) is 0 Å². The lowest BCUT2D eigenvalue weighted by Gasteiger charge is -2.15. The van der Waals surface area contributed by atoms with E-state index >= 15 is 0 Å². The number of rotatable bonds is 19. The molecule has 3 atom stereocenters. The van der Waals surface area contributed by atoms with Crippen LogP contribution in [0.4, 0.5) is 0 Å². The molecule has 0 radical (unpaired) electrons. The summed E-state index contributed by atoms with van der Waals surface area (Å²) >= 11 is 1.21. The molecule has 0 N–H and O–H groups in total. The Balaban J connectivity index is 2.12. The third-order valence-electron chi connectivity index (χ3n) is 5.41. The molecule has 0 saturated carbocycles. The molecular formula is C26H40BrO3S2-. The predicted octanol–water partition coefficient (Wildman–Crippen LogP) is 8.11. The van der Waals surface area contributed by atoms with Gasteiger partial charge in [0.2, 0.25) is 0 Å². The minimum absolute atomic E-state index is 0.397. The molecule has 0 aliphatic carbocycles. The average Bonchev–Trinajstić information content (AvgIpc) is 2.77. The largest absolute Gasteiger partial charge is 0.772 e. The van der Waals surface area contributed by atoms with Gasteiger partial charge in [-0.05, 0) is 66.3 Å². The first kappa shape index (κ1) is 29.5. The van der Waals surface area contributed by atoms with Crippen molar-refractivity contribution >= 4 is 37.8 Å². The molecule has 182 valence electrons. The summed E-state index contributed by atoms with van der Waals surface area (Å²) in [7, 11) is -1.21. The standard InChI is InChI=1S/C26H41BrO3S2/c1-2-3-4-5-6-7-8-9-10-11-12-13-14-15-16-26(32(29)30)21-22-31(28)23-24-17-19-25(27)20-18-24/h9-10,17-22,26H,2-8,11-16,23H2,1H3,(H,29,30)/p-1. The summed E-state index contributed by atoms with van der Waals surface area (Å²) in [5.41, 5.74) is 0.969. The topological polar surface area (TPSA) is 57.2 Å². The lowest BCUT2D eigenvalue weighted by molar-refractivity contribution is 0.520. The predicted molar refractivity (Wildman–Crippen MR) is 143 cm³/mol. The van der Waals surface area contributed by atoms with Crippen molar-refractivity contribution < 1.29 is 13.0 Å². The molecule has 3 nitrogen and oxygen atoms in total. The molecule has 3 unspecified atom stereocenters. The fraction of sp³-hybridized carbons (Fsp3) is 0.615. The van der Waals surface area contributed by atoms with Gasteiger partial charge in [0.25, 0.3) is 0 Å². The highest BCUT2D eigenvalue weighted by atomic mass is 79.9. The molecule has 1 rings (SSSR count). The minimum Gasteiger partial charge on any atom is -0.772 e. The van der Waals surface area contributed by atoms with Crippen LogP contribution in [0.25, 0.3) is 0 Å². The molecule has 1 aromatic rings. The van der Waals surface area contributed by atoms with Crippen molar-refractivity contribution in [2.24, 2.45) is 0 Å². The zero-order valence-corrected chi connectivity index (χ0v) is 22.7. The second-order valence-corrected chi connectivity index (χ2v) is 11.7. The Morgan fingerprint density at radius 1 is 0.875 bits per heavy atom. The van der Waals surface area contributed by atoms with Crippen molar-refractivity contribution in [1.82, 2.24) is 0 Å². The van der Waals surface area contributed by atoms with Gasteiger partial charge in [-0.3, -0.25) is 8.42 Å². The third kappa shape index (κ3) is 16.1. The van der Waals surface area contributed by atoms with E-state index in [0.29, 0.717) is 12.2 Å². The van der Waals surface area contributed by atoms with Gasteiger partial charge in [-0.25, -0.2) is 0 Å². The van der Waals surface area contributed by atoms with Crippen molar-refractivity contribution in [1.29, 1.82) is 0 Å². The highest BCUT2D eigenvalue weighted by molar-refractivity contribution is 9.10. The summed E-state index contributed by atoms with van der Waals surface area (Å²) in [6.45, 7) is 2.25. The Bertz CT molecular complexity index is 702. The van der Waals surface area contributed by atoms with E-state index in [9.17, 15) is 13.0 Å². The lowest BCUT2D eigenvalue weighted by atomic mass is 10.1. The summed E-state index contributed by atoms with van der Waals surface area (Å²) in [5, 5.41) is 0.984. The Labute approximate surface area is 209 Å². The third-order valence-corrected chi connectivity index (χ3v) is 7.91. The molecule has 0 fully saturated rings. The van der Waals surface area contributed by atoms with Crippen molar-refractivity contribution in [3.8, 4) is 0 Å². The Hall–Kier alpha value is -0.560. The van der Waals surface area contributed by atoms with E-state index in [-0.39, 0.29) is 0 Å². The first-order valence-corrected chi connectivity index (χ1v) is 15.4. The molecule has 0 spiro atoms. The van der Waals surface area contributed by atoms with E-state index in [4.69, 9.17) is 0 Å². The molecule has 0 aromatic heterocycles. The van der Waals surface area contributed by atoms with Gasteiger partial charge >= 0.3 is 0 Å². The first-order valence-electron chi connectivity index (χ1n) is 12.1. The van der Waals surface area contributed by atoms with E-state index < -0.39 is 27.1 Å². The molecular weight excluding hydrogens is 504 g/mol. The summed E-state index contributed by atoms with van der Waals surface area (Å²) in [5.74, 6) is 0.397. The van der Waals surface area contributed by atoms with Gasteiger partial charge in [0, 0.05) is 20.5 Å². The van der Waals surface area contributed by atoms with Crippen LogP contribution in [0.3, 0.4) is 0 Å². The van der Waals surface area contributed by atoms with Gasteiger partial charge in [0.1, 0.15) is 0 Å². The van der Waals surface area contributed by atoms with Gasteiger partial charge < -0.3 is 4.55 Å². The zero-order chi connectivity index (χ0) is 23.4. The van der Waals surface area contributed by atoms with E-state index in [1.54, 1.807) is 6.08 Å². The molecule has 0 aliphatic rings. The second kappa shape index (κ2) is 19.9. The van der Waals surface area contributed by atoms with Crippen molar-refractivity contribution in [3.05, 3.63) is 57.9 Å². The molecule has 0 bridgehead atoms. The van der Waals surface area contributed by atoms with E-state index in [1.165, 1.54) is 50.4 Å². The van der Waals surface area contributed by atoms with Crippen LogP contribution in [0.5, 0.6) is 0 Å². The molecule has 0 saturated heterocycles. The number of allylic oxidation sites excluding steroid dienone is 2. The average molecular weight is 545 g/mol. The smallest absolute Gasteiger partial charge is 0.0526 e. The van der Waals surface area contributed by atoms with Crippen LogP contribution in [0.1, 0.15) is 96.0 Å². The summed E-state index contributed by atoms with van der Waals surface area (Å²) in [6, 6.07) is 7.67. The van der Waals surface area contributed by atoms with Crippen LogP contribution in [-0.4, -0.2) is 18.2 Å². The monoisotopic (exact) mass is 543 g/mol. The maximum atomic E-state index is 12.2. The van der Waals surface area contributed by atoms with Crippen LogP contribution in [0, 0.1) is 0 Å². The Morgan fingerprint density at radius 3 is 2.03 bits per heavy atom. The number of hydrogen-bond acceptors (Lipinski definition) is 3. The number of unbranched alkanes of at least 4 members (excludes halogenated alkanes) is 10. The van der Waals surface area contributed by atoms with E-state index in [0.717, 1.165) is 42.1 Å². The summed E-state index contributed by atoms with van der Waals surface area (Å²) in [6.07, 6.45) is 21.4. The lowest BCUT2D eigenvalue weighted by Crippen LogP contribution is -2.12. The normalized spacial score (nSPS) is 14.8. The van der Waals surface area contributed by atoms with Crippen molar-refractivity contribution in [2.75, 3.05) is 0 Å². The number of hydrogen-bond donors (Lipinski definition) is 0. The van der Waals surface area contributed by atoms with Gasteiger partial charge in [0.05, 0.1) is 5.75 Å². The fourth-order valence-corrected chi connectivity index (χ4v) is 5.38. The molecule has 0 amide bonds. The van der Waals surface area contributed by atoms with E-state index in [1.807, 2.05) is 24.3 Å². The highest BCUT2D eigenvalue weighted by Gasteiger charge is 2.06.